The van der Waals surface area contributed by atoms with Crippen LogP contribution in [0.3, 0.4) is 0 Å². The summed E-state index contributed by atoms with van der Waals surface area (Å²) in [5, 5.41) is 14.7. The lowest BCUT2D eigenvalue weighted by Gasteiger charge is -2.14. The molecule has 0 aliphatic rings. The molecular formula is C24H20N4O6S. The maximum atomic E-state index is 13.3. The Morgan fingerprint density at radius 2 is 1.80 bits per heavy atom. The molecule has 0 fully saturated rings. The molecule has 10 nitrogen and oxygen atoms in total. The number of methoxy groups -OCH3 is 2. The Balaban J connectivity index is 1.66. The molecule has 0 aliphatic heterocycles. The van der Waals surface area contributed by atoms with E-state index in [1.165, 1.54) is 37.0 Å². The number of para-hydroxylation sites is 1. The molecule has 11 heteroatoms. The molecule has 0 saturated carbocycles. The number of hydrogen-bond acceptors (Lipinski definition) is 8. The van der Waals surface area contributed by atoms with Crippen LogP contribution in [0.4, 0.5) is 11.4 Å². The number of nitro benzene ring substituents is 1. The van der Waals surface area contributed by atoms with Crippen LogP contribution >= 0.6 is 11.8 Å². The first-order valence-corrected chi connectivity index (χ1v) is 11.3. The van der Waals surface area contributed by atoms with Crippen LogP contribution in [0.1, 0.15) is 0 Å². The summed E-state index contributed by atoms with van der Waals surface area (Å²) in [6.07, 6.45) is 0. The van der Waals surface area contributed by atoms with E-state index < -0.39 is 10.8 Å². The molecule has 4 aromatic rings. The van der Waals surface area contributed by atoms with Crippen LogP contribution in [0.25, 0.3) is 16.6 Å². The average molecular weight is 493 g/mol. The molecule has 4 rings (SSSR count). The van der Waals surface area contributed by atoms with Gasteiger partial charge in [-0.1, -0.05) is 30.0 Å². The Labute approximate surface area is 203 Å². The van der Waals surface area contributed by atoms with Gasteiger partial charge < -0.3 is 14.8 Å². The number of carbonyl (C=O) groups excluding carboxylic acids is 1. The fourth-order valence-electron chi connectivity index (χ4n) is 3.40. The molecule has 1 N–H and O–H groups in total. The SMILES string of the molecule is COc1cccc(-n2c(SCC(=O)Nc3ccc(OC)cc3[N+](=O)[O-])nc3ccccc3c2=O)c1. The molecule has 3 aromatic carbocycles. The number of nitro groups is 1. The van der Waals surface area contributed by atoms with Crippen LogP contribution in [0.2, 0.25) is 0 Å². The smallest absolute Gasteiger partial charge is 0.296 e. The van der Waals surface area contributed by atoms with Crippen LogP contribution in [-0.2, 0) is 4.79 Å². The molecule has 1 heterocycles. The zero-order valence-corrected chi connectivity index (χ0v) is 19.6. The highest BCUT2D eigenvalue weighted by Gasteiger charge is 2.19. The van der Waals surface area contributed by atoms with E-state index in [4.69, 9.17) is 9.47 Å². The van der Waals surface area contributed by atoms with Crippen molar-refractivity contribution in [1.29, 1.82) is 0 Å². The second kappa shape index (κ2) is 10.3. The second-order valence-corrected chi connectivity index (χ2v) is 8.17. The minimum absolute atomic E-state index is 0.0399. The number of benzene rings is 3. The molecule has 1 aromatic heterocycles. The number of rotatable bonds is 8. The summed E-state index contributed by atoms with van der Waals surface area (Å²) in [5.74, 6) is 0.218. The Morgan fingerprint density at radius 3 is 2.54 bits per heavy atom. The first-order chi connectivity index (χ1) is 16.9. The summed E-state index contributed by atoms with van der Waals surface area (Å²) in [6, 6.07) is 18.0. The van der Waals surface area contributed by atoms with Gasteiger partial charge in [0.05, 0.1) is 47.6 Å². The van der Waals surface area contributed by atoms with Crippen molar-refractivity contribution in [2.75, 3.05) is 25.3 Å². The first-order valence-electron chi connectivity index (χ1n) is 10.3. The van der Waals surface area contributed by atoms with Gasteiger partial charge in [0.1, 0.15) is 17.2 Å². The topological polar surface area (TPSA) is 126 Å². The monoisotopic (exact) mass is 492 g/mol. The molecule has 0 spiro atoms. The van der Waals surface area contributed by atoms with Gasteiger partial charge in [-0.05, 0) is 36.4 Å². The molecule has 1 amide bonds. The van der Waals surface area contributed by atoms with Gasteiger partial charge in [-0.3, -0.25) is 24.3 Å². The highest BCUT2D eigenvalue weighted by Crippen LogP contribution is 2.29. The number of nitrogens with one attached hydrogen (secondary N) is 1. The minimum Gasteiger partial charge on any atom is -0.497 e. The third-order valence-corrected chi connectivity index (χ3v) is 6.00. The number of anilines is 1. The highest BCUT2D eigenvalue weighted by molar-refractivity contribution is 7.99. The largest absolute Gasteiger partial charge is 0.497 e. The molecule has 0 saturated heterocycles. The van der Waals surface area contributed by atoms with Gasteiger partial charge in [-0.15, -0.1) is 0 Å². The van der Waals surface area contributed by atoms with Gasteiger partial charge in [0.15, 0.2) is 5.16 Å². The van der Waals surface area contributed by atoms with E-state index in [9.17, 15) is 19.7 Å². The molecular weight excluding hydrogens is 472 g/mol. The quantitative estimate of drug-likeness (QED) is 0.169. The van der Waals surface area contributed by atoms with Gasteiger partial charge in [0.2, 0.25) is 5.91 Å². The van der Waals surface area contributed by atoms with E-state index in [0.717, 1.165) is 11.8 Å². The maximum Gasteiger partial charge on any atom is 0.296 e. The highest BCUT2D eigenvalue weighted by atomic mass is 32.2. The van der Waals surface area contributed by atoms with E-state index >= 15 is 0 Å². The summed E-state index contributed by atoms with van der Waals surface area (Å²) in [5.41, 5.74) is 0.474. The fraction of sp³-hybridized carbons (Fsp3) is 0.125. The number of nitrogens with zero attached hydrogens (tertiary/aromatic N) is 3. The van der Waals surface area contributed by atoms with E-state index in [0.29, 0.717) is 33.2 Å². The molecule has 0 atom stereocenters. The Hall–Kier alpha value is -4.38. The van der Waals surface area contributed by atoms with Crippen molar-refractivity contribution in [2.24, 2.45) is 0 Å². The van der Waals surface area contributed by atoms with Gasteiger partial charge in [0.25, 0.3) is 11.2 Å². The van der Waals surface area contributed by atoms with Crippen molar-refractivity contribution in [3.05, 3.63) is 87.2 Å². The molecule has 0 radical (unpaired) electrons. The number of aromatic nitrogens is 2. The Morgan fingerprint density at radius 1 is 1.06 bits per heavy atom. The lowest BCUT2D eigenvalue weighted by atomic mass is 10.2. The van der Waals surface area contributed by atoms with Crippen molar-refractivity contribution >= 4 is 39.9 Å². The van der Waals surface area contributed by atoms with Gasteiger partial charge >= 0.3 is 0 Å². The van der Waals surface area contributed by atoms with Gasteiger partial charge in [-0.2, -0.15) is 0 Å². The number of hydrogen-bond donors (Lipinski definition) is 1. The van der Waals surface area contributed by atoms with Crippen LogP contribution in [0.15, 0.2) is 76.7 Å². The standard InChI is InChI=1S/C24H20N4O6S/c1-33-16-7-5-6-15(12-16)27-23(30)18-8-3-4-9-19(18)26-24(27)35-14-22(29)25-20-11-10-17(34-2)13-21(20)28(31)32/h3-13H,14H2,1-2H3,(H,25,29). The number of carbonyl (C=O) groups is 1. The van der Waals surface area contributed by atoms with Crippen molar-refractivity contribution in [3.63, 3.8) is 0 Å². The summed E-state index contributed by atoms with van der Waals surface area (Å²) in [6.45, 7) is 0. The van der Waals surface area contributed by atoms with Crippen molar-refractivity contribution in [1.82, 2.24) is 9.55 Å². The predicted molar refractivity (Wildman–Crippen MR) is 133 cm³/mol. The van der Waals surface area contributed by atoms with Crippen molar-refractivity contribution < 1.29 is 19.2 Å². The molecule has 0 aliphatic carbocycles. The Kier molecular flexibility index (Phi) is 6.97. The molecule has 178 valence electrons. The average Bonchev–Trinajstić information content (AvgIpc) is 2.87. The summed E-state index contributed by atoms with van der Waals surface area (Å²) in [7, 11) is 2.92. The van der Waals surface area contributed by atoms with Crippen molar-refractivity contribution in [3.8, 4) is 17.2 Å². The lowest BCUT2D eigenvalue weighted by Crippen LogP contribution is -2.23. The van der Waals surface area contributed by atoms with Crippen LogP contribution in [0.5, 0.6) is 11.5 Å². The zero-order valence-electron chi connectivity index (χ0n) is 18.8. The van der Waals surface area contributed by atoms with Crippen LogP contribution in [-0.4, -0.2) is 40.4 Å². The van der Waals surface area contributed by atoms with Crippen LogP contribution < -0.4 is 20.3 Å². The van der Waals surface area contributed by atoms with Crippen molar-refractivity contribution in [2.45, 2.75) is 5.16 Å². The van der Waals surface area contributed by atoms with Gasteiger partial charge in [-0.25, -0.2) is 4.98 Å². The number of amides is 1. The Bertz CT molecular complexity index is 1490. The summed E-state index contributed by atoms with van der Waals surface area (Å²) in [4.78, 5) is 41.4. The van der Waals surface area contributed by atoms with E-state index in [2.05, 4.69) is 10.3 Å². The number of fused-ring (bicyclic) bond motifs is 1. The minimum atomic E-state index is -0.601. The van der Waals surface area contributed by atoms with E-state index in [1.807, 2.05) is 0 Å². The fourth-order valence-corrected chi connectivity index (χ4v) is 4.21. The third-order valence-electron chi connectivity index (χ3n) is 5.06. The first kappa shape index (κ1) is 23.8. The van der Waals surface area contributed by atoms with E-state index in [1.54, 1.807) is 48.5 Å². The zero-order chi connectivity index (χ0) is 24.9. The molecule has 35 heavy (non-hydrogen) atoms. The normalized spacial score (nSPS) is 10.7. The second-order valence-electron chi connectivity index (χ2n) is 7.23. The summed E-state index contributed by atoms with van der Waals surface area (Å²) < 4.78 is 11.7. The van der Waals surface area contributed by atoms with Crippen LogP contribution in [0, 0.1) is 10.1 Å². The molecule has 0 unspecified atom stereocenters. The third kappa shape index (κ3) is 5.09. The number of ether oxygens (including phenoxy) is 2. The predicted octanol–water partition coefficient (Wildman–Crippen LogP) is 4.04. The maximum absolute atomic E-state index is 13.3. The lowest BCUT2D eigenvalue weighted by molar-refractivity contribution is -0.384. The molecule has 0 bridgehead atoms. The number of thioether (sulfide) groups is 1. The summed E-state index contributed by atoms with van der Waals surface area (Å²) >= 11 is 1.04. The van der Waals surface area contributed by atoms with E-state index in [-0.39, 0.29) is 22.7 Å². The van der Waals surface area contributed by atoms with Gasteiger partial charge in [0, 0.05) is 6.07 Å².